The molecule has 0 aliphatic rings. The summed E-state index contributed by atoms with van der Waals surface area (Å²) in [5.74, 6) is -0.212. The molecule has 0 atom stereocenters. The van der Waals surface area contributed by atoms with Crippen molar-refractivity contribution in [3.63, 3.8) is 0 Å². The lowest BCUT2D eigenvalue weighted by molar-refractivity contribution is -0.113. The minimum atomic E-state index is -0.294. The van der Waals surface area contributed by atoms with E-state index in [1.54, 1.807) is 24.3 Å². The number of nitrogens with one attached hydrogen (secondary N) is 2. The SMILES string of the molecule is Cc1cc(C)c(NC(=O)CSc2nnc(NC(=O)c3ccc(Cl)cc3)s2)c(C)c1. The summed E-state index contributed by atoms with van der Waals surface area (Å²) in [6, 6.07) is 10.6. The molecule has 2 N–H and O–H groups in total. The van der Waals surface area contributed by atoms with E-state index in [4.69, 9.17) is 11.6 Å². The van der Waals surface area contributed by atoms with Crippen LogP contribution in [0.4, 0.5) is 10.8 Å². The molecule has 0 saturated carbocycles. The van der Waals surface area contributed by atoms with Gasteiger partial charge in [-0.05, 0) is 56.2 Å². The van der Waals surface area contributed by atoms with E-state index in [0.29, 0.717) is 20.1 Å². The molecule has 0 bridgehead atoms. The van der Waals surface area contributed by atoms with Crippen molar-refractivity contribution in [2.75, 3.05) is 16.4 Å². The molecule has 0 radical (unpaired) electrons. The van der Waals surface area contributed by atoms with Gasteiger partial charge in [0.2, 0.25) is 11.0 Å². The fourth-order valence-corrected chi connectivity index (χ4v) is 4.44. The number of hydrogen-bond acceptors (Lipinski definition) is 6. The quantitative estimate of drug-likeness (QED) is 0.406. The molecule has 0 fully saturated rings. The Labute approximate surface area is 182 Å². The Bertz CT molecular complexity index is 1030. The summed E-state index contributed by atoms with van der Waals surface area (Å²) in [6.07, 6.45) is 0. The van der Waals surface area contributed by atoms with E-state index in [2.05, 4.69) is 20.8 Å². The fraction of sp³-hybridized carbons (Fsp3) is 0.200. The third-order valence-corrected chi connectivity index (χ3v) is 6.23. The summed E-state index contributed by atoms with van der Waals surface area (Å²) < 4.78 is 0.601. The Morgan fingerprint density at radius 2 is 1.69 bits per heavy atom. The van der Waals surface area contributed by atoms with Crippen LogP contribution in [0.15, 0.2) is 40.7 Å². The van der Waals surface area contributed by atoms with Crippen LogP contribution < -0.4 is 10.6 Å². The monoisotopic (exact) mass is 446 g/mol. The van der Waals surface area contributed by atoms with E-state index >= 15 is 0 Å². The molecule has 0 spiro atoms. The number of benzene rings is 2. The topological polar surface area (TPSA) is 84.0 Å². The smallest absolute Gasteiger partial charge is 0.257 e. The number of nitrogens with zero attached hydrogens (tertiary/aromatic N) is 2. The van der Waals surface area contributed by atoms with Crippen LogP contribution in [-0.4, -0.2) is 27.8 Å². The van der Waals surface area contributed by atoms with E-state index in [9.17, 15) is 9.59 Å². The Balaban J connectivity index is 1.54. The fourth-order valence-electron chi connectivity index (χ4n) is 2.77. The molecular formula is C20H19ClN4O2S2. The van der Waals surface area contributed by atoms with Crippen LogP contribution in [0.1, 0.15) is 27.0 Å². The highest BCUT2D eigenvalue weighted by Gasteiger charge is 2.13. The van der Waals surface area contributed by atoms with Gasteiger partial charge in [-0.25, -0.2) is 0 Å². The summed E-state index contributed by atoms with van der Waals surface area (Å²) in [7, 11) is 0. The average molecular weight is 447 g/mol. The molecule has 1 heterocycles. The van der Waals surface area contributed by atoms with Gasteiger partial charge in [0.25, 0.3) is 5.91 Å². The number of aromatic nitrogens is 2. The second-order valence-corrected chi connectivity index (χ2v) is 9.08. The normalized spacial score (nSPS) is 10.6. The summed E-state index contributed by atoms with van der Waals surface area (Å²) in [4.78, 5) is 24.5. The standard InChI is InChI=1S/C20H19ClN4O2S2/c1-11-8-12(2)17(13(3)9-11)22-16(26)10-28-20-25-24-19(29-20)23-18(27)14-4-6-15(21)7-5-14/h4-9H,10H2,1-3H3,(H,22,26)(H,23,24,27). The Morgan fingerprint density at radius 3 is 2.34 bits per heavy atom. The van der Waals surface area contributed by atoms with Crippen molar-refractivity contribution < 1.29 is 9.59 Å². The van der Waals surface area contributed by atoms with Gasteiger partial charge in [-0.1, -0.05) is 52.4 Å². The summed E-state index contributed by atoms with van der Waals surface area (Å²) in [6.45, 7) is 5.98. The highest BCUT2D eigenvalue weighted by atomic mass is 35.5. The van der Waals surface area contributed by atoms with Crippen molar-refractivity contribution in [2.24, 2.45) is 0 Å². The number of carbonyl (C=O) groups excluding carboxylic acids is 2. The molecule has 2 aromatic carbocycles. The van der Waals surface area contributed by atoms with Gasteiger partial charge in [0.1, 0.15) is 0 Å². The molecule has 0 unspecified atom stereocenters. The Kier molecular flexibility index (Phi) is 6.89. The molecule has 9 heteroatoms. The summed E-state index contributed by atoms with van der Waals surface area (Å²) in [5.41, 5.74) is 4.54. The van der Waals surface area contributed by atoms with Gasteiger partial charge in [-0.2, -0.15) is 0 Å². The minimum Gasteiger partial charge on any atom is -0.325 e. The van der Waals surface area contributed by atoms with Gasteiger partial charge < -0.3 is 5.32 Å². The largest absolute Gasteiger partial charge is 0.325 e. The third kappa shape index (κ3) is 5.79. The number of aryl methyl sites for hydroxylation is 3. The Morgan fingerprint density at radius 1 is 1.03 bits per heavy atom. The molecule has 3 aromatic rings. The predicted molar refractivity (Wildman–Crippen MR) is 119 cm³/mol. The van der Waals surface area contributed by atoms with Crippen LogP contribution in [0.3, 0.4) is 0 Å². The molecule has 0 saturated heterocycles. The lowest BCUT2D eigenvalue weighted by Crippen LogP contribution is -2.15. The number of halogens is 1. The van der Waals surface area contributed by atoms with Crippen molar-refractivity contribution in [3.8, 4) is 0 Å². The van der Waals surface area contributed by atoms with Gasteiger partial charge in [0, 0.05) is 16.3 Å². The summed E-state index contributed by atoms with van der Waals surface area (Å²) >= 11 is 8.32. The first kappa shape index (κ1) is 21.3. The highest BCUT2D eigenvalue weighted by molar-refractivity contribution is 8.01. The van der Waals surface area contributed by atoms with Crippen LogP contribution in [0.5, 0.6) is 0 Å². The maximum absolute atomic E-state index is 12.3. The first-order valence-corrected chi connectivity index (χ1v) is 10.9. The van der Waals surface area contributed by atoms with Gasteiger partial charge in [-0.15, -0.1) is 10.2 Å². The van der Waals surface area contributed by atoms with Crippen LogP contribution >= 0.6 is 34.7 Å². The first-order valence-electron chi connectivity index (χ1n) is 8.73. The molecule has 1 aromatic heterocycles. The minimum absolute atomic E-state index is 0.119. The number of hydrogen-bond donors (Lipinski definition) is 2. The van der Waals surface area contributed by atoms with Crippen LogP contribution in [-0.2, 0) is 4.79 Å². The second kappa shape index (κ2) is 9.39. The first-order chi connectivity index (χ1) is 13.8. The molecule has 29 heavy (non-hydrogen) atoms. The van der Waals surface area contributed by atoms with E-state index < -0.39 is 0 Å². The molecule has 3 rings (SSSR count). The zero-order valence-corrected chi connectivity index (χ0v) is 18.5. The summed E-state index contributed by atoms with van der Waals surface area (Å²) in [5, 5.41) is 14.6. The number of rotatable bonds is 6. The van der Waals surface area contributed by atoms with E-state index in [0.717, 1.165) is 22.4 Å². The zero-order chi connectivity index (χ0) is 21.0. The lowest BCUT2D eigenvalue weighted by Gasteiger charge is -2.12. The van der Waals surface area contributed by atoms with E-state index in [-0.39, 0.29) is 17.6 Å². The van der Waals surface area contributed by atoms with Crippen molar-refractivity contribution in [2.45, 2.75) is 25.1 Å². The van der Waals surface area contributed by atoms with Crippen molar-refractivity contribution in [1.29, 1.82) is 0 Å². The van der Waals surface area contributed by atoms with Crippen LogP contribution in [0.25, 0.3) is 0 Å². The lowest BCUT2D eigenvalue weighted by atomic mass is 10.1. The number of thioether (sulfide) groups is 1. The number of carbonyl (C=O) groups is 2. The molecule has 0 aliphatic carbocycles. The Hall–Kier alpha value is -2.42. The van der Waals surface area contributed by atoms with Gasteiger partial charge in [-0.3, -0.25) is 14.9 Å². The number of amides is 2. The maximum Gasteiger partial charge on any atom is 0.257 e. The van der Waals surface area contributed by atoms with E-state index in [1.165, 1.54) is 23.1 Å². The molecule has 6 nitrogen and oxygen atoms in total. The predicted octanol–water partition coefficient (Wildman–Crippen LogP) is 5.10. The molecular weight excluding hydrogens is 428 g/mol. The van der Waals surface area contributed by atoms with Crippen LogP contribution in [0, 0.1) is 20.8 Å². The van der Waals surface area contributed by atoms with Crippen molar-refractivity contribution in [1.82, 2.24) is 10.2 Å². The van der Waals surface area contributed by atoms with Crippen LogP contribution in [0.2, 0.25) is 5.02 Å². The maximum atomic E-state index is 12.3. The third-order valence-electron chi connectivity index (χ3n) is 4.00. The van der Waals surface area contributed by atoms with E-state index in [1.807, 2.05) is 32.9 Å². The van der Waals surface area contributed by atoms with Gasteiger partial charge in [0.15, 0.2) is 4.34 Å². The number of anilines is 2. The zero-order valence-electron chi connectivity index (χ0n) is 16.1. The van der Waals surface area contributed by atoms with Crippen molar-refractivity contribution in [3.05, 3.63) is 63.7 Å². The van der Waals surface area contributed by atoms with Crippen molar-refractivity contribution >= 4 is 57.3 Å². The second-order valence-electron chi connectivity index (χ2n) is 6.44. The van der Waals surface area contributed by atoms with Gasteiger partial charge >= 0.3 is 0 Å². The average Bonchev–Trinajstić information content (AvgIpc) is 3.11. The highest BCUT2D eigenvalue weighted by Crippen LogP contribution is 2.27. The molecule has 0 aliphatic heterocycles. The molecule has 2 amide bonds. The van der Waals surface area contributed by atoms with Gasteiger partial charge in [0.05, 0.1) is 5.75 Å². The molecule has 150 valence electrons.